The zero-order valence-electron chi connectivity index (χ0n) is 16.4. The Balaban J connectivity index is 1.64. The van der Waals surface area contributed by atoms with Gasteiger partial charge < -0.3 is 15.0 Å². The summed E-state index contributed by atoms with van der Waals surface area (Å²) in [6.45, 7) is 1.58. The predicted octanol–water partition coefficient (Wildman–Crippen LogP) is 4.58. The highest BCUT2D eigenvalue weighted by Gasteiger charge is 2.22. The molecule has 1 aromatic carbocycles. The molecule has 3 aromatic heterocycles. The molecule has 0 aliphatic rings. The molecule has 0 fully saturated rings. The van der Waals surface area contributed by atoms with Crippen molar-refractivity contribution in [2.24, 2.45) is 0 Å². The average Bonchev–Trinajstić information content (AvgIpc) is 3.42. The maximum absolute atomic E-state index is 12.7. The summed E-state index contributed by atoms with van der Waals surface area (Å²) in [5.41, 5.74) is 0.668. The van der Waals surface area contributed by atoms with Crippen molar-refractivity contribution in [1.29, 1.82) is 0 Å². The number of benzene rings is 1. The van der Waals surface area contributed by atoms with Crippen LogP contribution in [-0.4, -0.2) is 27.9 Å². The van der Waals surface area contributed by atoms with E-state index in [1.807, 2.05) is 22.9 Å². The molecule has 0 saturated heterocycles. The molecule has 0 bridgehead atoms. The van der Waals surface area contributed by atoms with Crippen LogP contribution in [0.2, 0.25) is 0 Å². The first-order valence-corrected chi connectivity index (χ1v) is 10.9. The molecular formula is C20H16N4O5S2. The largest absolute Gasteiger partial charge is 0.451 e. The average molecular weight is 457 g/mol. The van der Waals surface area contributed by atoms with Gasteiger partial charge >= 0.3 is 5.97 Å². The molecule has 31 heavy (non-hydrogen) atoms. The fraction of sp³-hybridized carbons (Fsp3) is 0.150. The molecule has 2 N–H and O–H groups in total. The highest BCUT2D eigenvalue weighted by molar-refractivity contribution is 7.18. The summed E-state index contributed by atoms with van der Waals surface area (Å²) in [5.74, 6) is -0.574. The summed E-state index contributed by atoms with van der Waals surface area (Å²) < 4.78 is 5.46. The van der Waals surface area contributed by atoms with Gasteiger partial charge in [0, 0.05) is 40.7 Å². The molecule has 3 heterocycles. The molecular weight excluding hydrogens is 440 g/mol. The number of aromatic nitrogens is 2. The van der Waals surface area contributed by atoms with Crippen molar-refractivity contribution >= 4 is 50.2 Å². The molecule has 1 atom stereocenters. The number of aromatic amines is 1. The van der Waals surface area contributed by atoms with E-state index in [-0.39, 0.29) is 22.6 Å². The van der Waals surface area contributed by atoms with Crippen molar-refractivity contribution < 1.29 is 14.5 Å². The Morgan fingerprint density at radius 1 is 1.32 bits per heavy atom. The van der Waals surface area contributed by atoms with Crippen LogP contribution >= 0.6 is 22.7 Å². The summed E-state index contributed by atoms with van der Waals surface area (Å²) in [4.78, 5) is 44.6. The number of rotatable bonds is 6. The van der Waals surface area contributed by atoms with Crippen molar-refractivity contribution in [3.63, 3.8) is 0 Å². The molecule has 0 aliphatic heterocycles. The zero-order chi connectivity index (χ0) is 22.1. The summed E-state index contributed by atoms with van der Waals surface area (Å²) in [7, 11) is 1.59. The van der Waals surface area contributed by atoms with Gasteiger partial charge in [-0.1, -0.05) is 6.07 Å². The van der Waals surface area contributed by atoms with E-state index in [2.05, 4.69) is 15.3 Å². The molecule has 0 unspecified atom stereocenters. The number of nitro benzene ring substituents is 1. The lowest BCUT2D eigenvalue weighted by atomic mass is 10.1. The fourth-order valence-electron chi connectivity index (χ4n) is 3.08. The van der Waals surface area contributed by atoms with Crippen LogP contribution in [0.5, 0.6) is 0 Å². The SMILES string of the molecule is CNc1ccc([N+](=O)[O-])cc1C(=O)O[C@H](C)c1nc2scc(-c3cccs3)c2c(=O)[nH]1. The van der Waals surface area contributed by atoms with Gasteiger partial charge in [-0.15, -0.1) is 22.7 Å². The lowest BCUT2D eigenvalue weighted by Gasteiger charge is -2.14. The number of fused-ring (bicyclic) bond motifs is 1. The maximum atomic E-state index is 12.7. The smallest absolute Gasteiger partial charge is 0.341 e. The summed E-state index contributed by atoms with van der Waals surface area (Å²) in [6.07, 6.45) is -0.874. The third-order valence-electron chi connectivity index (χ3n) is 4.62. The van der Waals surface area contributed by atoms with Crippen LogP contribution in [0, 0.1) is 10.1 Å². The molecule has 0 amide bonds. The van der Waals surface area contributed by atoms with Crippen LogP contribution in [0.25, 0.3) is 20.7 Å². The number of nitro groups is 1. The van der Waals surface area contributed by atoms with E-state index >= 15 is 0 Å². The van der Waals surface area contributed by atoms with Crippen LogP contribution in [0.3, 0.4) is 0 Å². The molecule has 0 spiro atoms. The maximum Gasteiger partial charge on any atom is 0.341 e. The molecule has 0 aliphatic carbocycles. The number of H-pyrrole nitrogens is 1. The lowest BCUT2D eigenvalue weighted by molar-refractivity contribution is -0.384. The number of carbonyl (C=O) groups is 1. The number of thiophene rings is 2. The van der Waals surface area contributed by atoms with E-state index < -0.39 is 17.0 Å². The minimum atomic E-state index is -0.874. The molecule has 158 valence electrons. The van der Waals surface area contributed by atoms with Gasteiger partial charge in [0.2, 0.25) is 0 Å². The number of anilines is 1. The first-order valence-electron chi connectivity index (χ1n) is 9.11. The first kappa shape index (κ1) is 20.7. The molecule has 0 radical (unpaired) electrons. The summed E-state index contributed by atoms with van der Waals surface area (Å²) in [5, 5.41) is 18.2. The second-order valence-electron chi connectivity index (χ2n) is 6.54. The number of hydrogen-bond donors (Lipinski definition) is 2. The number of carbonyl (C=O) groups excluding carboxylic acids is 1. The van der Waals surface area contributed by atoms with Gasteiger partial charge in [-0.2, -0.15) is 0 Å². The Kier molecular flexibility index (Phi) is 5.53. The molecule has 4 rings (SSSR count). The number of nitrogens with one attached hydrogen (secondary N) is 2. The molecule has 4 aromatic rings. The van der Waals surface area contributed by atoms with Gasteiger partial charge in [0.15, 0.2) is 11.9 Å². The van der Waals surface area contributed by atoms with Gasteiger partial charge in [0.1, 0.15) is 4.83 Å². The highest BCUT2D eigenvalue weighted by atomic mass is 32.1. The first-order chi connectivity index (χ1) is 14.9. The van der Waals surface area contributed by atoms with Crippen molar-refractivity contribution in [3.05, 3.63) is 72.9 Å². The Labute approximate surface area is 183 Å². The van der Waals surface area contributed by atoms with Gasteiger partial charge in [0.05, 0.1) is 15.9 Å². The third-order valence-corrected chi connectivity index (χ3v) is 6.40. The van der Waals surface area contributed by atoms with Gasteiger partial charge in [0.25, 0.3) is 11.2 Å². The van der Waals surface area contributed by atoms with E-state index in [1.54, 1.807) is 14.0 Å². The minimum Gasteiger partial charge on any atom is -0.451 e. The van der Waals surface area contributed by atoms with Gasteiger partial charge in [-0.25, -0.2) is 9.78 Å². The fourth-order valence-corrected chi connectivity index (χ4v) is 4.85. The predicted molar refractivity (Wildman–Crippen MR) is 120 cm³/mol. The van der Waals surface area contributed by atoms with E-state index in [9.17, 15) is 19.7 Å². The highest BCUT2D eigenvalue weighted by Crippen LogP contribution is 2.34. The number of ether oxygens (including phenoxy) is 1. The Morgan fingerprint density at radius 3 is 2.81 bits per heavy atom. The van der Waals surface area contributed by atoms with Crippen molar-refractivity contribution in [2.45, 2.75) is 13.0 Å². The van der Waals surface area contributed by atoms with Crippen molar-refractivity contribution in [1.82, 2.24) is 9.97 Å². The van der Waals surface area contributed by atoms with Crippen LogP contribution < -0.4 is 10.9 Å². The second kappa shape index (κ2) is 8.28. The van der Waals surface area contributed by atoms with Crippen molar-refractivity contribution in [2.75, 3.05) is 12.4 Å². The zero-order valence-corrected chi connectivity index (χ0v) is 18.0. The quantitative estimate of drug-likeness (QED) is 0.247. The van der Waals surface area contributed by atoms with Crippen LogP contribution in [0.1, 0.15) is 29.2 Å². The van der Waals surface area contributed by atoms with E-state index in [1.165, 1.54) is 34.8 Å². The second-order valence-corrected chi connectivity index (χ2v) is 8.35. The van der Waals surface area contributed by atoms with E-state index in [0.29, 0.717) is 15.9 Å². The lowest BCUT2D eigenvalue weighted by Crippen LogP contribution is -2.17. The Hall–Kier alpha value is -3.57. The van der Waals surface area contributed by atoms with Gasteiger partial charge in [-0.05, 0) is 24.4 Å². The van der Waals surface area contributed by atoms with E-state index in [4.69, 9.17) is 4.74 Å². The summed E-state index contributed by atoms with van der Waals surface area (Å²) >= 11 is 2.86. The number of nitrogens with zero attached hydrogens (tertiary/aromatic N) is 2. The molecule has 11 heteroatoms. The number of non-ortho nitro benzene ring substituents is 1. The topological polar surface area (TPSA) is 127 Å². The third kappa shape index (κ3) is 3.92. The van der Waals surface area contributed by atoms with Crippen molar-refractivity contribution in [3.8, 4) is 10.4 Å². The molecule has 0 saturated carbocycles. The minimum absolute atomic E-state index is 0.0167. The monoisotopic (exact) mass is 456 g/mol. The Bertz CT molecular complexity index is 1340. The summed E-state index contributed by atoms with van der Waals surface area (Å²) in [6, 6.07) is 7.72. The van der Waals surface area contributed by atoms with Crippen LogP contribution in [0.15, 0.2) is 45.9 Å². The van der Waals surface area contributed by atoms with E-state index in [0.717, 1.165) is 16.5 Å². The normalized spacial score (nSPS) is 11.9. The van der Waals surface area contributed by atoms with Gasteiger partial charge in [-0.3, -0.25) is 14.9 Å². The molecule has 9 nitrogen and oxygen atoms in total. The Morgan fingerprint density at radius 2 is 2.13 bits per heavy atom. The van der Waals surface area contributed by atoms with Crippen LogP contribution in [0.4, 0.5) is 11.4 Å². The van der Waals surface area contributed by atoms with Crippen LogP contribution in [-0.2, 0) is 4.74 Å². The standard InChI is InChI=1S/C20H16N4O5S2/c1-10(29-20(26)12-8-11(24(27)28)5-6-14(12)21-2)17-22-18(25)16-13(9-31-19(16)23-17)15-4-3-7-30-15/h3-10,21H,1-2H3,(H,22,23,25)/t10-/m1/s1. The number of esters is 1. The number of hydrogen-bond acceptors (Lipinski definition) is 9.